The highest BCUT2D eigenvalue weighted by atomic mass is 19.1. The van der Waals surface area contributed by atoms with E-state index in [1.54, 1.807) is 12.4 Å². The van der Waals surface area contributed by atoms with Gasteiger partial charge in [0.15, 0.2) is 5.82 Å². The Kier molecular flexibility index (Phi) is 5.69. The normalized spacial score (nSPS) is 23.3. The van der Waals surface area contributed by atoms with E-state index in [4.69, 9.17) is 0 Å². The fraction of sp³-hybridized carbons (Fsp3) is 0.455. The van der Waals surface area contributed by atoms with Gasteiger partial charge < -0.3 is 10.2 Å². The van der Waals surface area contributed by atoms with Crippen LogP contribution < -0.4 is 10.2 Å². The molecule has 3 aliphatic rings. The van der Waals surface area contributed by atoms with Crippen molar-refractivity contribution in [2.45, 2.75) is 37.6 Å². The predicted octanol–water partition coefficient (Wildman–Crippen LogP) is 1.93. The monoisotopic (exact) mass is 455 g/mol. The molecule has 33 heavy (non-hydrogen) atoms. The Balaban J connectivity index is 1.25. The van der Waals surface area contributed by atoms with Gasteiger partial charge in [-0.05, 0) is 30.9 Å². The van der Waals surface area contributed by atoms with E-state index in [1.807, 2.05) is 4.90 Å². The second-order valence-electron chi connectivity index (χ2n) is 8.47. The Labute approximate surface area is 188 Å². The molecule has 2 saturated heterocycles. The molecule has 0 aliphatic carbocycles. The molecule has 5 rings (SSSR count). The van der Waals surface area contributed by atoms with Crippen LogP contribution in [0.15, 0.2) is 29.8 Å². The summed E-state index contributed by atoms with van der Waals surface area (Å²) in [7, 11) is 0. The third kappa shape index (κ3) is 4.14. The van der Waals surface area contributed by atoms with Crippen LogP contribution in [0.4, 0.5) is 14.7 Å². The molecule has 2 aromatic heterocycles. The molecule has 1 N–H and O–H groups in total. The Morgan fingerprint density at radius 2 is 1.94 bits per heavy atom. The van der Waals surface area contributed by atoms with E-state index in [1.165, 1.54) is 11.1 Å². The molecule has 5 heterocycles. The molecule has 2 unspecified atom stereocenters. The lowest BCUT2D eigenvalue weighted by Crippen LogP contribution is -2.41. The Morgan fingerprint density at radius 3 is 2.67 bits per heavy atom. The van der Waals surface area contributed by atoms with Gasteiger partial charge in [-0.2, -0.15) is 5.10 Å². The van der Waals surface area contributed by atoms with E-state index in [2.05, 4.69) is 25.4 Å². The van der Waals surface area contributed by atoms with Crippen molar-refractivity contribution in [3.8, 4) is 0 Å². The van der Waals surface area contributed by atoms with Crippen molar-refractivity contribution < 1.29 is 18.4 Å². The molecule has 11 heteroatoms. The summed E-state index contributed by atoms with van der Waals surface area (Å²) >= 11 is 0. The average molecular weight is 455 g/mol. The molecule has 2 atom stereocenters. The number of pyridine rings is 1. The van der Waals surface area contributed by atoms with Crippen LogP contribution in [0, 0.1) is 17.6 Å². The smallest absolute Gasteiger partial charge is 0.246 e. The van der Waals surface area contributed by atoms with Crippen LogP contribution in [0.5, 0.6) is 0 Å². The van der Waals surface area contributed by atoms with Crippen molar-refractivity contribution in [1.82, 2.24) is 25.3 Å². The second-order valence-corrected chi connectivity index (χ2v) is 8.47. The maximum Gasteiger partial charge on any atom is 0.246 e. The van der Waals surface area contributed by atoms with Crippen molar-refractivity contribution in [3.05, 3.63) is 47.5 Å². The Bertz CT molecular complexity index is 1100. The molecule has 3 aliphatic heterocycles. The summed E-state index contributed by atoms with van der Waals surface area (Å²) in [6, 6.07) is 1.02. The zero-order valence-corrected chi connectivity index (χ0v) is 17.8. The first-order valence-electron chi connectivity index (χ1n) is 11.0. The molecule has 0 saturated carbocycles. The van der Waals surface area contributed by atoms with E-state index >= 15 is 0 Å². The largest absolute Gasteiger partial charge is 0.355 e. The van der Waals surface area contributed by atoms with Crippen LogP contribution in [0.1, 0.15) is 48.9 Å². The Morgan fingerprint density at radius 1 is 1.12 bits per heavy atom. The first-order chi connectivity index (χ1) is 16.0. The molecule has 0 spiro atoms. The number of carbonyl (C=O) groups excluding carboxylic acids is 2. The minimum absolute atomic E-state index is 0.110. The fourth-order valence-corrected chi connectivity index (χ4v) is 4.65. The van der Waals surface area contributed by atoms with Crippen molar-refractivity contribution in [2.75, 3.05) is 24.5 Å². The number of piperidine rings is 1. The number of hydrogen-bond donors (Lipinski definition) is 1. The third-order valence-corrected chi connectivity index (χ3v) is 6.43. The zero-order chi connectivity index (χ0) is 22.9. The number of anilines is 1. The summed E-state index contributed by atoms with van der Waals surface area (Å²) in [6.07, 6.45) is 7.57. The molecule has 2 amide bonds. The molecule has 2 fully saturated rings. The highest BCUT2D eigenvalue weighted by molar-refractivity contribution is 5.85. The summed E-state index contributed by atoms with van der Waals surface area (Å²) in [5, 5.41) is 8.37. The van der Waals surface area contributed by atoms with E-state index in [-0.39, 0.29) is 29.5 Å². The summed E-state index contributed by atoms with van der Waals surface area (Å²) in [4.78, 5) is 39.4. The minimum atomic E-state index is -0.604. The predicted molar refractivity (Wildman–Crippen MR) is 114 cm³/mol. The van der Waals surface area contributed by atoms with Gasteiger partial charge in [0.25, 0.3) is 0 Å². The van der Waals surface area contributed by atoms with Gasteiger partial charge in [0.05, 0.1) is 30.0 Å². The number of rotatable bonds is 4. The molecule has 0 radical (unpaired) electrons. The van der Waals surface area contributed by atoms with E-state index in [9.17, 15) is 18.4 Å². The minimum Gasteiger partial charge on any atom is -0.355 e. The SMILES string of the molecule is O=C1NCCC1c1nc(N2CCC(C(=O)N3N=CCC3c3cncc(F)c3)CC2)ncc1F. The fourth-order valence-electron chi connectivity index (χ4n) is 4.65. The summed E-state index contributed by atoms with van der Waals surface area (Å²) < 4.78 is 27.9. The molecule has 172 valence electrons. The maximum atomic E-state index is 14.3. The number of carbonyl (C=O) groups is 2. The van der Waals surface area contributed by atoms with Crippen molar-refractivity contribution in [3.63, 3.8) is 0 Å². The first kappa shape index (κ1) is 21.4. The standard InChI is InChI=1S/C22H23F2N7O2/c23-15-9-14(10-25-11-15)18-2-6-28-31(18)21(33)13-3-7-30(8-4-13)22-27-12-17(24)19(29-22)16-1-5-26-20(16)32/h6,9-13,16,18H,1-5,7-8H2,(H,26,32). The number of aromatic nitrogens is 3. The lowest BCUT2D eigenvalue weighted by molar-refractivity contribution is -0.138. The highest BCUT2D eigenvalue weighted by Gasteiger charge is 2.36. The van der Waals surface area contributed by atoms with E-state index < -0.39 is 17.6 Å². The van der Waals surface area contributed by atoms with Gasteiger partial charge >= 0.3 is 0 Å². The molecule has 0 bridgehead atoms. The Hall–Kier alpha value is -3.50. The number of hydrazone groups is 1. The topological polar surface area (TPSA) is 104 Å². The van der Waals surface area contributed by atoms with Crippen LogP contribution in [0.25, 0.3) is 0 Å². The molecular weight excluding hydrogens is 432 g/mol. The van der Waals surface area contributed by atoms with Crippen LogP contribution in [0.2, 0.25) is 0 Å². The van der Waals surface area contributed by atoms with Gasteiger partial charge in [-0.3, -0.25) is 14.6 Å². The molecule has 9 nitrogen and oxygen atoms in total. The lowest BCUT2D eigenvalue weighted by Gasteiger charge is -2.34. The van der Waals surface area contributed by atoms with Gasteiger partial charge in [-0.15, -0.1) is 0 Å². The number of nitrogens with one attached hydrogen (secondary N) is 1. The van der Waals surface area contributed by atoms with Crippen molar-refractivity contribution in [2.24, 2.45) is 11.0 Å². The van der Waals surface area contributed by atoms with Crippen molar-refractivity contribution in [1.29, 1.82) is 0 Å². The highest BCUT2D eigenvalue weighted by Crippen LogP contribution is 2.32. The van der Waals surface area contributed by atoms with Crippen LogP contribution >= 0.6 is 0 Å². The summed E-state index contributed by atoms with van der Waals surface area (Å²) in [5.74, 6) is -1.86. The van der Waals surface area contributed by atoms with Crippen LogP contribution in [0.3, 0.4) is 0 Å². The summed E-state index contributed by atoms with van der Waals surface area (Å²) in [5.41, 5.74) is 0.729. The van der Waals surface area contributed by atoms with Crippen molar-refractivity contribution >= 4 is 24.0 Å². The van der Waals surface area contributed by atoms with Gasteiger partial charge in [-0.1, -0.05) is 0 Å². The zero-order valence-electron chi connectivity index (χ0n) is 17.8. The third-order valence-electron chi connectivity index (χ3n) is 6.43. The maximum absolute atomic E-state index is 14.3. The molecule has 0 aromatic carbocycles. The quantitative estimate of drug-likeness (QED) is 0.756. The number of amides is 2. The molecule has 2 aromatic rings. The molecular formula is C22H23F2N7O2. The number of hydrogen-bond acceptors (Lipinski definition) is 7. The van der Waals surface area contributed by atoms with Gasteiger partial charge in [0, 0.05) is 44.4 Å². The first-order valence-corrected chi connectivity index (χ1v) is 11.0. The lowest BCUT2D eigenvalue weighted by atomic mass is 9.94. The van der Waals surface area contributed by atoms with E-state index in [0.717, 1.165) is 12.4 Å². The second kappa shape index (κ2) is 8.80. The average Bonchev–Trinajstić information content (AvgIpc) is 3.48. The van der Waals surface area contributed by atoms with Gasteiger partial charge in [0.1, 0.15) is 5.82 Å². The summed E-state index contributed by atoms with van der Waals surface area (Å²) in [6.45, 7) is 1.53. The van der Waals surface area contributed by atoms with Crippen LogP contribution in [-0.2, 0) is 9.59 Å². The number of halogens is 2. The van der Waals surface area contributed by atoms with Gasteiger partial charge in [0.2, 0.25) is 17.8 Å². The van der Waals surface area contributed by atoms with E-state index in [0.29, 0.717) is 56.8 Å². The number of nitrogens with zero attached hydrogens (tertiary/aromatic N) is 6. The van der Waals surface area contributed by atoms with Crippen LogP contribution in [-0.4, -0.2) is 57.6 Å². The van der Waals surface area contributed by atoms with Gasteiger partial charge in [-0.25, -0.2) is 23.8 Å².